The van der Waals surface area contributed by atoms with Gasteiger partial charge in [0.1, 0.15) is 13.2 Å². The lowest BCUT2D eigenvalue weighted by molar-refractivity contribution is -0.166. The van der Waals surface area contributed by atoms with Crippen molar-refractivity contribution in [3.63, 3.8) is 0 Å². The fraction of sp³-hybridized carbons (Fsp3) is 0.745. The van der Waals surface area contributed by atoms with Crippen LogP contribution in [0.25, 0.3) is 0 Å². The van der Waals surface area contributed by atoms with Crippen LogP contribution in [0, 0.1) is 0 Å². The van der Waals surface area contributed by atoms with Crippen LogP contribution < -0.4 is 0 Å². The fourth-order valence-electron chi connectivity index (χ4n) is 6.50. The lowest BCUT2D eigenvalue weighted by Crippen LogP contribution is -2.30. The lowest BCUT2D eigenvalue weighted by Gasteiger charge is -2.18. The molecule has 0 aliphatic rings. The van der Waals surface area contributed by atoms with Gasteiger partial charge in [0, 0.05) is 12.8 Å². The molecule has 328 valence electrons. The summed E-state index contributed by atoms with van der Waals surface area (Å²) < 4.78 is 16.5. The summed E-state index contributed by atoms with van der Waals surface area (Å²) in [5.41, 5.74) is 0. The van der Waals surface area contributed by atoms with Crippen molar-refractivity contribution in [2.75, 3.05) is 13.2 Å². The molecule has 0 fully saturated rings. The van der Waals surface area contributed by atoms with E-state index < -0.39 is 18.0 Å². The number of ether oxygens (including phenoxy) is 3. The molecule has 0 saturated carbocycles. The maximum Gasteiger partial charge on any atom is 0.309 e. The molecule has 6 heteroatoms. The van der Waals surface area contributed by atoms with Crippen molar-refractivity contribution < 1.29 is 28.6 Å². The van der Waals surface area contributed by atoms with Gasteiger partial charge in [-0.3, -0.25) is 14.4 Å². The van der Waals surface area contributed by atoms with Crippen LogP contribution >= 0.6 is 0 Å². The summed E-state index contributed by atoms with van der Waals surface area (Å²) in [6.07, 6.45) is 55.4. The zero-order valence-electron chi connectivity index (χ0n) is 37.3. The molecule has 0 saturated heterocycles. The smallest absolute Gasteiger partial charge is 0.309 e. The first-order valence-corrected chi connectivity index (χ1v) is 23.8. The van der Waals surface area contributed by atoms with Crippen LogP contribution in [0.15, 0.2) is 60.8 Å². The Balaban J connectivity index is 4.41. The highest BCUT2D eigenvalue weighted by molar-refractivity contribution is 5.72. The lowest BCUT2D eigenvalue weighted by atomic mass is 10.0. The first-order valence-electron chi connectivity index (χ1n) is 23.8. The topological polar surface area (TPSA) is 78.9 Å². The normalized spacial score (nSPS) is 12.5. The molecule has 1 unspecified atom stereocenters. The number of unbranched alkanes of at least 4 members (excludes halogenated alkanes) is 22. The molecule has 0 radical (unpaired) electrons. The molecule has 0 aromatic carbocycles. The van der Waals surface area contributed by atoms with Gasteiger partial charge in [0.2, 0.25) is 0 Å². The Hall–Kier alpha value is -2.89. The number of carbonyl (C=O) groups excluding carboxylic acids is 3. The van der Waals surface area contributed by atoms with Gasteiger partial charge >= 0.3 is 17.9 Å². The molecule has 57 heavy (non-hydrogen) atoms. The monoisotopic (exact) mass is 797 g/mol. The third-order valence-corrected chi connectivity index (χ3v) is 10.1. The molecule has 0 aliphatic carbocycles. The van der Waals surface area contributed by atoms with Gasteiger partial charge in [0.05, 0.1) is 6.42 Å². The molecular formula is C51H88O6. The second-order valence-corrected chi connectivity index (χ2v) is 15.7. The average molecular weight is 797 g/mol. The van der Waals surface area contributed by atoms with Crippen molar-refractivity contribution in [1.82, 2.24) is 0 Å². The Morgan fingerprint density at radius 1 is 0.386 bits per heavy atom. The minimum Gasteiger partial charge on any atom is -0.462 e. The molecule has 0 N–H and O–H groups in total. The van der Waals surface area contributed by atoms with E-state index in [9.17, 15) is 14.4 Å². The average Bonchev–Trinajstić information content (AvgIpc) is 3.21. The van der Waals surface area contributed by atoms with E-state index in [0.29, 0.717) is 12.8 Å². The van der Waals surface area contributed by atoms with E-state index in [1.54, 1.807) is 6.08 Å². The van der Waals surface area contributed by atoms with Gasteiger partial charge in [-0.15, -0.1) is 0 Å². The van der Waals surface area contributed by atoms with Gasteiger partial charge in [-0.25, -0.2) is 0 Å². The van der Waals surface area contributed by atoms with Crippen LogP contribution in [0.2, 0.25) is 0 Å². The van der Waals surface area contributed by atoms with Crippen LogP contribution in [0.1, 0.15) is 226 Å². The molecule has 0 aromatic heterocycles. The van der Waals surface area contributed by atoms with Crippen LogP contribution in [0.3, 0.4) is 0 Å². The summed E-state index contributed by atoms with van der Waals surface area (Å²) in [6, 6.07) is 0. The number of carbonyl (C=O) groups is 3. The number of hydrogen-bond donors (Lipinski definition) is 0. The summed E-state index contributed by atoms with van der Waals surface area (Å²) in [6.45, 7) is 6.36. The minimum atomic E-state index is -0.835. The fourth-order valence-corrected chi connectivity index (χ4v) is 6.50. The molecule has 6 nitrogen and oxygen atoms in total. The van der Waals surface area contributed by atoms with Gasteiger partial charge in [0.15, 0.2) is 6.10 Å². The van der Waals surface area contributed by atoms with Gasteiger partial charge < -0.3 is 14.2 Å². The third kappa shape index (κ3) is 44.1. The van der Waals surface area contributed by atoms with E-state index in [2.05, 4.69) is 63.3 Å². The maximum atomic E-state index is 12.7. The van der Waals surface area contributed by atoms with Gasteiger partial charge in [0.25, 0.3) is 0 Å². The van der Waals surface area contributed by atoms with Gasteiger partial charge in [-0.05, 0) is 51.4 Å². The van der Waals surface area contributed by atoms with Crippen LogP contribution in [0.4, 0.5) is 0 Å². The highest BCUT2D eigenvalue weighted by Crippen LogP contribution is 2.15. The van der Waals surface area contributed by atoms with Crippen LogP contribution in [-0.2, 0) is 28.6 Å². The van der Waals surface area contributed by atoms with Crippen LogP contribution in [0.5, 0.6) is 0 Å². The quantitative estimate of drug-likeness (QED) is 0.0265. The molecular weight excluding hydrogens is 709 g/mol. The maximum absolute atomic E-state index is 12.7. The van der Waals surface area contributed by atoms with E-state index in [1.807, 2.05) is 12.2 Å². The first-order chi connectivity index (χ1) is 28.0. The molecule has 0 amide bonds. The van der Waals surface area contributed by atoms with Gasteiger partial charge in [-0.2, -0.15) is 0 Å². The number of allylic oxidation sites excluding steroid dienone is 9. The Morgan fingerprint density at radius 2 is 0.789 bits per heavy atom. The van der Waals surface area contributed by atoms with Crippen LogP contribution in [-0.4, -0.2) is 37.2 Å². The molecule has 0 heterocycles. The Bertz CT molecular complexity index is 1050. The predicted molar refractivity (Wildman–Crippen MR) is 242 cm³/mol. The summed E-state index contributed by atoms with van der Waals surface area (Å²) >= 11 is 0. The minimum absolute atomic E-state index is 0.122. The predicted octanol–water partition coefficient (Wildman–Crippen LogP) is 15.3. The standard InChI is InChI=1S/C51H88O6/c1-4-7-10-13-16-19-21-23-24-25-26-28-29-32-35-38-41-44-50(53)56-47-48(46-55-49(52)43-40-37-34-31-18-15-12-9-6-3)57-51(54)45-42-39-36-33-30-27-22-20-17-14-11-8-5-2/h9,12,18,27,30-31,36-37,39-40,48H,4-8,10-11,13-17,19-26,28-29,32-35,38,41-47H2,1-3H3/b12-9-,30-27-,31-18-,39-36-,40-37-. The molecule has 0 rings (SSSR count). The summed E-state index contributed by atoms with van der Waals surface area (Å²) in [5.74, 6) is -1.12. The largest absolute Gasteiger partial charge is 0.462 e. The van der Waals surface area contributed by atoms with E-state index in [4.69, 9.17) is 14.2 Å². The number of hydrogen-bond acceptors (Lipinski definition) is 6. The molecule has 0 spiro atoms. The Morgan fingerprint density at radius 3 is 1.30 bits per heavy atom. The molecule has 0 aromatic rings. The van der Waals surface area contributed by atoms with Gasteiger partial charge in [-0.1, -0.05) is 216 Å². The van der Waals surface area contributed by atoms with Crippen molar-refractivity contribution in [2.24, 2.45) is 0 Å². The van der Waals surface area contributed by atoms with Crippen molar-refractivity contribution in [2.45, 2.75) is 232 Å². The highest BCUT2D eigenvalue weighted by atomic mass is 16.6. The summed E-state index contributed by atoms with van der Waals surface area (Å²) in [7, 11) is 0. The number of rotatable bonds is 42. The van der Waals surface area contributed by atoms with E-state index in [1.165, 1.54) is 128 Å². The zero-order chi connectivity index (χ0) is 41.5. The second kappa shape index (κ2) is 45.8. The first kappa shape index (κ1) is 54.1. The summed E-state index contributed by atoms with van der Waals surface area (Å²) in [4.78, 5) is 37.6. The third-order valence-electron chi connectivity index (χ3n) is 10.1. The Labute approximate surface area is 351 Å². The van der Waals surface area contributed by atoms with E-state index >= 15 is 0 Å². The molecule has 0 bridgehead atoms. The molecule has 1 atom stereocenters. The van der Waals surface area contributed by atoms with Crippen molar-refractivity contribution >= 4 is 17.9 Å². The van der Waals surface area contributed by atoms with Crippen molar-refractivity contribution in [3.05, 3.63) is 60.8 Å². The number of esters is 3. The SMILES string of the molecule is CC/C=C\C/C=C\C/C=C\CC(=O)OCC(COC(=O)CCCCCCCCCCCCCCCCCCC)OC(=O)CC/C=C\C/C=C\CCCCCCCC. The Kier molecular flexibility index (Phi) is 43.5. The second-order valence-electron chi connectivity index (χ2n) is 15.7. The zero-order valence-corrected chi connectivity index (χ0v) is 37.3. The summed E-state index contributed by atoms with van der Waals surface area (Å²) in [5, 5.41) is 0. The van der Waals surface area contributed by atoms with Crippen molar-refractivity contribution in [3.8, 4) is 0 Å². The van der Waals surface area contributed by atoms with E-state index in [0.717, 1.165) is 51.4 Å². The van der Waals surface area contributed by atoms with E-state index in [-0.39, 0.29) is 32.0 Å². The molecule has 0 aliphatic heterocycles. The highest BCUT2D eigenvalue weighted by Gasteiger charge is 2.19. The van der Waals surface area contributed by atoms with Crippen molar-refractivity contribution in [1.29, 1.82) is 0 Å².